The van der Waals surface area contributed by atoms with E-state index in [-0.39, 0.29) is 0 Å². The first kappa shape index (κ1) is 10.1. The van der Waals surface area contributed by atoms with Crippen LogP contribution in [-0.4, -0.2) is 16.4 Å². The molecule has 2 aliphatic rings. The van der Waals surface area contributed by atoms with Gasteiger partial charge in [0.2, 0.25) is 0 Å². The molecule has 1 aromatic rings. The number of rotatable bonds is 1. The molecule has 0 unspecified atom stereocenters. The molecule has 88 valence electrons. The summed E-state index contributed by atoms with van der Waals surface area (Å²) in [5, 5.41) is 4.64. The van der Waals surface area contributed by atoms with Crippen molar-refractivity contribution >= 4 is 5.82 Å². The van der Waals surface area contributed by atoms with Gasteiger partial charge in [0.25, 0.3) is 0 Å². The lowest BCUT2D eigenvalue weighted by Crippen LogP contribution is -2.16. The second-order valence-corrected chi connectivity index (χ2v) is 4.85. The molecule has 2 heterocycles. The van der Waals surface area contributed by atoms with Crippen LogP contribution in [0.25, 0.3) is 0 Å². The molecular formula is C12H19N3O. The monoisotopic (exact) mass is 221 g/mol. The number of nitrogens with two attached hydrogens (primary N) is 1. The molecule has 0 amide bonds. The molecule has 1 aromatic heterocycles. The number of aromatic nitrogens is 2. The highest BCUT2D eigenvalue weighted by molar-refractivity contribution is 5.44. The van der Waals surface area contributed by atoms with Crippen LogP contribution in [0, 0.1) is 0 Å². The number of fused-ring (bicyclic) bond motifs is 1. The van der Waals surface area contributed by atoms with E-state index in [0.29, 0.717) is 12.6 Å². The van der Waals surface area contributed by atoms with Crippen molar-refractivity contribution in [1.82, 2.24) is 9.78 Å². The van der Waals surface area contributed by atoms with Crippen LogP contribution in [0.5, 0.6) is 0 Å². The summed E-state index contributed by atoms with van der Waals surface area (Å²) in [7, 11) is 0. The first-order valence-corrected chi connectivity index (χ1v) is 6.30. The van der Waals surface area contributed by atoms with E-state index in [9.17, 15) is 0 Å². The molecule has 1 saturated carbocycles. The topological polar surface area (TPSA) is 53.1 Å². The number of nitrogen functional groups attached to an aromatic ring is 1. The summed E-state index contributed by atoms with van der Waals surface area (Å²) in [5.41, 5.74) is 8.50. The van der Waals surface area contributed by atoms with E-state index in [2.05, 4.69) is 9.78 Å². The molecular weight excluding hydrogens is 202 g/mol. The third-order valence-electron chi connectivity index (χ3n) is 3.79. The molecule has 2 N–H and O–H groups in total. The van der Waals surface area contributed by atoms with E-state index < -0.39 is 0 Å². The molecule has 0 aromatic carbocycles. The average molecular weight is 221 g/mol. The molecule has 0 saturated heterocycles. The zero-order valence-corrected chi connectivity index (χ0v) is 9.61. The standard InChI is InChI=1S/C12H19N3O/c13-12-10-6-7-16-8-11(10)14-15(12)9-4-2-1-3-5-9/h9H,1-8,13H2. The summed E-state index contributed by atoms with van der Waals surface area (Å²) in [6.07, 6.45) is 7.36. The Labute approximate surface area is 95.8 Å². The van der Waals surface area contributed by atoms with Crippen molar-refractivity contribution in [3.63, 3.8) is 0 Å². The zero-order valence-electron chi connectivity index (χ0n) is 9.61. The van der Waals surface area contributed by atoms with E-state index in [1.807, 2.05) is 0 Å². The molecule has 1 fully saturated rings. The van der Waals surface area contributed by atoms with Crippen molar-refractivity contribution < 1.29 is 4.74 Å². The first-order chi connectivity index (χ1) is 7.86. The van der Waals surface area contributed by atoms with Gasteiger partial charge >= 0.3 is 0 Å². The molecule has 1 aliphatic heterocycles. The lowest BCUT2D eigenvalue weighted by Gasteiger charge is -2.23. The Bertz CT molecular complexity index is 380. The maximum absolute atomic E-state index is 6.20. The Morgan fingerprint density at radius 2 is 2.06 bits per heavy atom. The van der Waals surface area contributed by atoms with Crippen LogP contribution in [0.3, 0.4) is 0 Å². The molecule has 0 radical (unpaired) electrons. The number of hydrogen-bond acceptors (Lipinski definition) is 3. The van der Waals surface area contributed by atoms with Crippen molar-refractivity contribution in [3.05, 3.63) is 11.3 Å². The smallest absolute Gasteiger partial charge is 0.125 e. The second-order valence-electron chi connectivity index (χ2n) is 4.85. The highest BCUT2D eigenvalue weighted by atomic mass is 16.5. The molecule has 0 bridgehead atoms. The average Bonchev–Trinajstić information content (AvgIpc) is 2.69. The largest absolute Gasteiger partial charge is 0.384 e. The summed E-state index contributed by atoms with van der Waals surface area (Å²) in [6, 6.07) is 0.527. The number of nitrogens with zero attached hydrogens (tertiary/aromatic N) is 2. The Morgan fingerprint density at radius 3 is 2.81 bits per heavy atom. The van der Waals surface area contributed by atoms with Crippen LogP contribution in [0.2, 0.25) is 0 Å². The van der Waals surface area contributed by atoms with Crippen molar-refractivity contribution in [3.8, 4) is 0 Å². The zero-order chi connectivity index (χ0) is 11.0. The Morgan fingerprint density at radius 1 is 1.25 bits per heavy atom. The van der Waals surface area contributed by atoms with Crippen molar-refractivity contribution in [2.75, 3.05) is 12.3 Å². The molecule has 1 aliphatic carbocycles. The van der Waals surface area contributed by atoms with Gasteiger partial charge in [-0.25, -0.2) is 4.68 Å². The van der Waals surface area contributed by atoms with Crippen molar-refractivity contribution in [2.24, 2.45) is 0 Å². The highest BCUT2D eigenvalue weighted by Crippen LogP contribution is 2.32. The minimum absolute atomic E-state index is 0.527. The summed E-state index contributed by atoms with van der Waals surface area (Å²) in [5.74, 6) is 0.894. The predicted molar refractivity (Wildman–Crippen MR) is 62.1 cm³/mol. The summed E-state index contributed by atoms with van der Waals surface area (Å²) < 4.78 is 7.49. The van der Waals surface area contributed by atoms with E-state index in [1.54, 1.807) is 0 Å². The second kappa shape index (κ2) is 4.09. The van der Waals surface area contributed by atoms with Crippen LogP contribution in [0.1, 0.15) is 49.4 Å². The Balaban J connectivity index is 1.91. The van der Waals surface area contributed by atoms with Gasteiger partial charge in [0, 0.05) is 12.0 Å². The normalized spacial score (nSPS) is 22.0. The van der Waals surface area contributed by atoms with Crippen LogP contribution in [0.4, 0.5) is 5.82 Å². The number of ether oxygens (including phenoxy) is 1. The molecule has 0 atom stereocenters. The molecule has 4 nitrogen and oxygen atoms in total. The number of anilines is 1. The third-order valence-corrected chi connectivity index (χ3v) is 3.79. The van der Waals surface area contributed by atoms with Crippen molar-refractivity contribution in [1.29, 1.82) is 0 Å². The van der Waals surface area contributed by atoms with Gasteiger partial charge in [0.15, 0.2) is 0 Å². The fraction of sp³-hybridized carbons (Fsp3) is 0.750. The summed E-state index contributed by atoms with van der Waals surface area (Å²) in [6.45, 7) is 1.42. The summed E-state index contributed by atoms with van der Waals surface area (Å²) in [4.78, 5) is 0. The quantitative estimate of drug-likeness (QED) is 0.789. The van der Waals surface area contributed by atoms with Gasteiger partial charge in [-0.05, 0) is 12.8 Å². The van der Waals surface area contributed by atoms with E-state index in [1.165, 1.54) is 37.7 Å². The van der Waals surface area contributed by atoms with Gasteiger partial charge in [-0.1, -0.05) is 19.3 Å². The van der Waals surface area contributed by atoms with Crippen LogP contribution in [-0.2, 0) is 17.8 Å². The van der Waals surface area contributed by atoms with Gasteiger partial charge in [0.1, 0.15) is 5.82 Å². The molecule has 0 spiro atoms. The lowest BCUT2D eigenvalue weighted by atomic mass is 9.95. The molecule has 3 rings (SSSR count). The minimum Gasteiger partial charge on any atom is -0.384 e. The van der Waals surface area contributed by atoms with E-state index in [0.717, 1.165) is 24.5 Å². The summed E-state index contributed by atoms with van der Waals surface area (Å²) >= 11 is 0. The maximum Gasteiger partial charge on any atom is 0.125 e. The van der Waals surface area contributed by atoms with Gasteiger partial charge < -0.3 is 10.5 Å². The molecule has 16 heavy (non-hydrogen) atoms. The van der Waals surface area contributed by atoms with Crippen LogP contribution in [0.15, 0.2) is 0 Å². The SMILES string of the molecule is Nc1c2c(nn1C1CCCCC1)COCC2. The fourth-order valence-electron chi connectivity index (χ4n) is 2.87. The highest BCUT2D eigenvalue weighted by Gasteiger charge is 2.24. The van der Waals surface area contributed by atoms with Gasteiger partial charge in [-0.15, -0.1) is 0 Å². The molecule has 4 heteroatoms. The van der Waals surface area contributed by atoms with Gasteiger partial charge in [0.05, 0.1) is 24.9 Å². The van der Waals surface area contributed by atoms with Crippen LogP contribution >= 0.6 is 0 Å². The van der Waals surface area contributed by atoms with Gasteiger partial charge in [-0.2, -0.15) is 5.10 Å². The maximum atomic E-state index is 6.20. The van der Waals surface area contributed by atoms with Crippen molar-refractivity contribution in [2.45, 2.75) is 51.2 Å². The van der Waals surface area contributed by atoms with E-state index in [4.69, 9.17) is 10.5 Å². The first-order valence-electron chi connectivity index (χ1n) is 6.30. The van der Waals surface area contributed by atoms with E-state index >= 15 is 0 Å². The Hall–Kier alpha value is -1.03. The predicted octanol–water partition coefficient (Wildman–Crippen LogP) is 2.04. The minimum atomic E-state index is 0.527. The van der Waals surface area contributed by atoms with Crippen LogP contribution < -0.4 is 5.73 Å². The fourth-order valence-corrected chi connectivity index (χ4v) is 2.87. The third kappa shape index (κ3) is 1.61. The van der Waals surface area contributed by atoms with Gasteiger partial charge in [-0.3, -0.25) is 0 Å². The Kier molecular flexibility index (Phi) is 2.59. The lowest BCUT2D eigenvalue weighted by molar-refractivity contribution is 0.108. The number of hydrogen-bond donors (Lipinski definition) is 1.